The summed E-state index contributed by atoms with van der Waals surface area (Å²) < 4.78 is 6.57. The Morgan fingerprint density at radius 2 is 2.47 bits per heavy atom. The highest BCUT2D eigenvalue weighted by atomic mass is 16.5. The maximum Gasteiger partial charge on any atom is 0.341 e. The van der Waals surface area contributed by atoms with Crippen LogP contribution in [0.25, 0.3) is 0 Å². The Kier molecular flexibility index (Phi) is 2.73. The topological polar surface area (TPSA) is 64.3 Å². The summed E-state index contributed by atoms with van der Waals surface area (Å²) in [5.41, 5.74) is 0.471. The van der Waals surface area contributed by atoms with E-state index < -0.39 is 0 Å². The summed E-state index contributed by atoms with van der Waals surface area (Å²) in [7, 11) is 0. The van der Waals surface area contributed by atoms with Gasteiger partial charge in [0.1, 0.15) is 0 Å². The molecule has 0 aromatic carbocycles. The van der Waals surface area contributed by atoms with Crippen LogP contribution in [0.1, 0.15) is 36.2 Å². The van der Waals surface area contributed by atoms with Crippen molar-refractivity contribution in [3.63, 3.8) is 0 Å². The first-order valence-electron chi connectivity index (χ1n) is 5.10. The fourth-order valence-electron chi connectivity index (χ4n) is 1.63. The summed E-state index contributed by atoms with van der Waals surface area (Å²) in [6.07, 6.45) is 4.38. The number of carbonyl (C=O) groups is 1. The first kappa shape index (κ1) is 10.2. The Labute approximate surface area is 87.7 Å². The zero-order valence-corrected chi connectivity index (χ0v) is 8.59. The summed E-state index contributed by atoms with van der Waals surface area (Å²) in [6, 6.07) is 0.225. The van der Waals surface area contributed by atoms with Crippen LogP contribution in [0.5, 0.6) is 0 Å². The maximum atomic E-state index is 11.3. The molecule has 0 bridgehead atoms. The molecule has 0 radical (unpaired) electrons. The van der Waals surface area contributed by atoms with Crippen LogP contribution >= 0.6 is 0 Å². The van der Waals surface area contributed by atoms with Crippen molar-refractivity contribution in [2.24, 2.45) is 0 Å². The number of rotatable bonds is 3. The molecule has 0 spiro atoms. The highest BCUT2D eigenvalue weighted by molar-refractivity contribution is 5.88. The Morgan fingerprint density at radius 3 is 3.07 bits per heavy atom. The molecule has 15 heavy (non-hydrogen) atoms. The molecule has 0 amide bonds. The SMILES string of the molecule is CCOC(=O)c1cnn(C2CC(O)C2)c1. The maximum absolute atomic E-state index is 11.3. The second kappa shape index (κ2) is 4.02. The predicted octanol–water partition coefficient (Wildman–Crippen LogP) is 0.756. The Bertz CT molecular complexity index is 355. The minimum Gasteiger partial charge on any atom is -0.462 e. The lowest BCUT2D eigenvalue weighted by molar-refractivity contribution is 0.0432. The van der Waals surface area contributed by atoms with Gasteiger partial charge in [0.25, 0.3) is 0 Å². The predicted molar refractivity (Wildman–Crippen MR) is 52.5 cm³/mol. The van der Waals surface area contributed by atoms with Gasteiger partial charge < -0.3 is 9.84 Å². The molecule has 1 aliphatic rings. The van der Waals surface area contributed by atoms with Crippen LogP contribution in [0.15, 0.2) is 12.4 Å². The lowest BCUT2D eigenvalue weighted by Gasteiger charge is -2.31. The van der Waals surface area contributed by atoms with Crippen LogP contribution in [0.4, 0.5) is 0 Å². The van der Waals surface area contributed by atoms with Crippen LogP contribution in [0, 0.1) is 0 Å². The van der Waals surface area contributed by atoms with E-state index in [0.29, 0.717) is 25.0 Å². The van der Waals surface area contributed by atoms with Crippen molar-refractivity contribution in [3.05, 3.63) is 18.0 Å². The van der Waals surface area contributed by atoms with Crippen LogP contribution < -0.4 is 0 Å². The summed E-state index contributed by atoms with van der Waals surface area (Å²) in [6.45, 7) is 2.14. The van der Waals surface area contributed by atoms with Crippen molar-refractivity contribution < 1.29 is 14.6 Å². The third kappa shape index (κ3) is 2.02. The van der Waals surface area contributed by atoms with Gasteiger partial charge in [-0.2, -0.15) is 5.10 Å². The first-order valence-corrected chi connectivity index (χ1v) is 5.10. The summed E-state index contributed by atoms with van der Waals surface area (Å²) in [5.74, 6) is -0.344. The number of esters is 1. The second-order valence-electron chi connectivity index (χ2n) is 3.71. The monoisotopic (exact) mass is 210 g/mol. The van der Waals surface area contributed by atoms with Gasteiger partial charge in [0.2, 0.25) is 0 Å². The van der Waals surface area contributed by atoms with E-state index >= 15 is 0 Å². The Morgan fingerprint density at radius 1 is 1.73 bits per heavy atom. The Balaban J connectivity index is 2.01. The largest absolute Gasteiger partial charge is 0.462 e. The van der Waals surface area contributed by atoms with Crippen molar-refractivity contribution in [2.45, 2.75) is 31.9 Å². The zero-order chi connectivity index (χ0) is 10.8. The fraction of sp³-hybridized carbons (Fsp3) is 0.600. The molecular weight excluding hydrogens is 196 g/mol. The van der Waals surface area contributed by atoms with E-state index in [9.17, 15) is 4.79 Å². The van der Waals surface area contributed by atoms with Gasteiger partial charge in [-0.05, 0) is 19.8 Å². The third-order valence-corrected chi connectivity index (χ3v) is 2.58. The Hall–Kier alpha value is -1.36. The van der Waals surface area contributed by atoms with E-state index in [1.165, 1.54) is 6.20 Å². The minimum atomic E-state index is -0.344. The van der Waals surface area contributed by atoms with Gasteiger partial charge in [0.05, 0.1) is 30.5 Å². The molecule has 2 rings (SSSR count). The van der Waals surface area contributed by atoms with E-state index in [1.54, 1.807) is 17.8 Å². The van der Waals surface area contributed by atoms with Crippen molar-refractivity contribution in [1.29, 1.82) is 0 Å². The van der Waals surface area contributed by atoms with Gasteiger partial charge in [0, 0.05) is 6.20 Å². The van der Waals surface area contributed by atoms with E-state index in [0.717, 1.165) is 0 Å². The zero-order valence-electron chi connectivity index (χ0n) is 8.59. The average Bonchev–Trinajstić information content (AvgIpc) is 2.62. The molecule has 0 atom stereocenters. The molecule has 1 aliphatic carbocycles. The molecule has 1 aromatic heterocycles. The van der Waals surface area contributed by atoms with Gasteiger partial charge in [-0.1, -0.05) is 0 Å². The molecule has 5 heteroatoms. The third-order valence-electron chi connectivity index (χ3n) is 2.58. The standard InChI is InChI=1S/C10H14N2O3/c1-2-15-10(14)7-5-11-12(6-7)8-3-9(13)4-8/h5-6,8-9,13H,2-4H2,1H3. The molecule has 1 saturated carbocycles. The number of hydrogen-bond donors (Lipinski definition) is 1. The molecule has 1 fully saturated rings. The van der Waals surface area contributed by atoms with Crippen LogP contribution in [-0.2, 0) is 4.74 Å². The molecule has 0 saturated heterocycles. The second-order valence-corrected chi connectivity index (χ2v) is 3.71. The van der Waals surface area contributed by atoms with Crippen molar-refractivity contribution >= 4 is 5.97 Å². The van der Waals surface area contributed by atoms with E-state index in [-0.39, 0.29) is 18.1 Å². The van der Waals surface area contributed by atoms with Crippen molar-refractivity contribution in [1.82, 2.24) is 9.78 Å². The van der Waals surface area contributed by atoms with E-state index in [2.05, 4.69) is 5.10 Å². The summed E-state index contributed by atoms with van der Waals surface area (Å²) in [4.78, 5) is 11.3. The van der Waals surface area contributed by atoms with Gasteiger partial charge in [-0.3, -0.25) is 4.68 Å². The van der Waals surface area contributed by atoms with Crippen LogP contribution in [0.2, 0.25) is 0 Å². The number of carbonyl (C=O) groups excluding carboxylic acids is 1. The number of hydrogen-bond acceptors (Lipinski definition) is 4. The van der Waals surface area contributed by atoms with Crippen LogP contribution in [0.3, 0.4) is 0 Å². The lowest BCUT2D eigenvalue weighted by Crippen LogP contribution is -2.31. The molecule has 1 aromatic rings. The molecule has 5 nitrogen and oxygen atoms in total. The summed E-state index contributed by atoms with van der Waals surface area (Å²) in [5, 5.41) is 13.2. The number of aliphatic hydroxyl groups excluding tert-OH is 1. The van der Waals surface area contributed by atoms with Gasteiger partial charge >= 0.3 is 5.97 Å². The van der Waals surface area contributed by atoms with Gasteiger partial charge in [0.15, 0.2) is 0 Å². The molecular formula is C10H14N2O3. The molecule has 0 aliphatic heterocycles. The number of aliphatic hydroxyl groups is 1. The molecule has 82 valence electrons. The van der Waals surface area contributed by atoms with Gasteiger partial charge in [-0.25, -0.2) is 4.79 Å². The highest BCUT2D eigenvalue weighted by Crippen LogP contribution is 2.31. The number of nitrogens with zero attached hydrogens (tertiary/aromatic N) is 2. The first-order chi connectivity index (χ1) is 7.20. The average molecular weight is 210 g/mol. The molecule has 1 N–H and O–H groups in total. The normalized spacial score (nSPS) is 24.7. The van der Waals surface area contributed by atoms with E-state index in [1.807, 2.05) is 0 Å². The molecule has 1 heterocycles. The number of ether oxygens (including phenoxy) is 1. The smallest absolute Gasteiger partial charge is 0.341 e. The number of aromatic nitrogens is 2. The van der Waals surface area contributed by atoms with Gasteiger partial charge in [-0.15, -0.1) is 0 Å². The lowest BCUT2D eigenvalue weighted by atomic mass is 9.90. The molecule has 0 unspecified atom stereocenters. The van der Waals surface area contributed by atoms with Crippen LogP contribution in [-0.4, -0.2) is 33.6 Å². The minimum absolute atomic E-state index is 0.217. The summed E-state index contributed by atoms with van der Waals surface area (Å²) >= 11 is 0. The van der Waals surface area contributed by atoms with Crippen molar-refractivity contribution in [2.75, 3.05) is 6.61 Å². The fourth-order valence-corrected chi connectivity index (χ4v) is 1.63. The highest BCUT2D eigenvalue weighted by Gasteiger charge is 2.29. The quantitative estimate of drug-likeness (QED) is 0.748. The van der Waals surface area contributed by atoms with E-state index in [4.69, 9.17) is 9.84 Å². The van der Waals surface area contributed by atoms with Crippen molar-refractivity contribution in [3.8, 4) is 0 Å².